The summed E-state index contributed by atoms with van der Waals surface area (Å²) in [6.45, 7) is 1.19. The number of aromatic nitrogens is 2. The molecule has 0 fully saturated rings. The number of nitrogens with two attached hydrogens (primary N) is 1. The molecule has 1 atom stereocenters. The number of ketones is 1. The van der Waals surface area contributed by atoms with Crippen LogP contribution in [0.25, 0.3) is 5.69 Å². The Morgan fingerprint density at radius 3 is 2.17 bits per heavy atom. The van der Waals surface area contributed by atoms with Crippen molar-refractivity contribution >= 4 is 46.0 Å². The minimum atomic E-state index is -4.64. The van der Waals surface area contributed by atoms with Crippen LogP contribution in [0.2, 0.25) is 10.0 Å². The van der Waals surface area contributed by atoms with E-state index in [1.807, 2.05) is 0 Å². The van der Waals surface area contributed by atoms with E-state index in [4.69, 9.17) is 28.9 Å². The number of alkyl halides is 3. The molecule has 0 saturated heterocycles. The molecule has 0 amide bonds. The smallest absolute Gasteiger partial charge is 0.416 e. The van der Waals surface area contributed by atoms with Crippen LogP contribution >= 0.6 is 23.2 Å². The van der Waals surface area contributed by atoms with Crippen LogP contribution in [0.3, 0.4) is 0 Å². The van der Waals surface area contributed by atoms with E-state index < -0.39 is 28.7 Å². The van der Waals surface area contributed by atoms with Gasteiger partial charge in [-0.3, -0.25) is 4.79 Å². The maximum Gasteiger partial charge on any atom is 0.416 e. The van der Waals surface area contributed by atoms with Crippen LogP contribution in [0, 0.1) is 0 Å². The number of anilines is 1. The standard InChI is InChI=1S/C13H10Cl2F3N3O2S/c1-5(22)9-11(24(2)23)12(19)21(20-9)10-7(14)3-6(4-8(10)15)13(16,17)18/h3-4H,19H2,1-2H3. The lowest BCUT2D eigenvalue weighted by Crippen LogP contribution is -2.09. The number of nitrogen functional groups attached to an aromatic ring is 1. The molecule has 0 bridgehead atoms. The second-order valence-corrected chi connectivity index (χ2v) is 6.90. The van der Waals surface area contributed by atoms with Gasteiger partial charge in [-0.1, -0.05) is 23.2 Å². The largest absolute Gasteiger partial charge is 0.611 e. The molecule has 11 heteroatoms. The zero-order valence-corrected chi connectivity index (χ0v) is 14.6. The van der Waals surface area contributed by atoms with Crippen molar-refractivity contribution in [2.24, 2.45) is 0 Å². The number of Topliss-reactive ketones (excluding diaryl/α,β-unsaturated/α-hetero) is 1. The molecule has 5 nitrogen and oxygen atoms in total. The fraction of sp³-hybridized carbons (Fsp3) is 0.231. The number of halogens is 5. The van der Waals surface area contributed by atoms with Crippen LogP contribution in [0.1, 0.15) is 23.0 Å². The molecular formula is C13H10Cl2F3N3O2S. The lowest BCUT2D eigenvalue weighted by molar-refractivity contribution is -0.137. The molecule has 2 aromatic rings. The van der Waals surface area contributed by atoms with E-state index in [1.54, 1.807) is 0 Å². The Hall–Kier alpha value is -1.42. The first-order valence-electron chi connectivity index (χ1n) is 6.24. The number of carbonyl (C=O) groups excluding carboxylic acids is 1. The maximum atomic E-state index is 12.8. The fourth-order valence-corrected chi connectivity index (χ4v) is 3.52. The molecule has 0 spiro atoms. The lowest BCUT2D eigenvalue weighted by Gasteiger charge is -2.13. The minimum Gasteiger partial charge on any atom is -0.611 e. The third-order valence-corrected chi connectivity index (χ3v) is 4.61. The average Bonchev–Trinajstić information content (AvgIpc) is 2.75. The van der Waals surface area contributed by atoms with Crippen molar-refractivity contribution in [1.82, 2.24) is 9.78 Å². The number of hydrogen-bond donors (Lipinski definition) is 1. The van der Waals surface area contributed by atoms with Gasteiger partial charge in [-0.15, -0.1) is 0 Å². The molecule has 2 N–H and O–H groups in total. The summed E-state index contributed by atoms with van der Waals surface area (Å²) in [4.78, 5) is 11.6. The van der Waals surface area contributed by atoms with Gasteiger partial charge in [0.1, 0.15) is 11.9 Å². The van der Waals surface area contributed by atoms with E-state index in [-0.39, 0.29) is 32.1 Å². The molecule has 1 heterocycles. The summed E-state index contributed by atoms with van der Waals surface area (Å²) in [5, 5.41) is 3.18. The van der Waals surface area contributed by atoms with Crippen molar-refractivity contribution in [1.29, 1.82) is 0 Å². The highest BCUT2D eigenvalue weighted by molar-refractivity contribution is 7.91. The Morgan fingerprint density at radius 2 is 1.83 bits per heavy atom. The van der Waals surface area contributed by atoms with E-state index in [0.29, 0.717) is 12.1 Å². The van der Waals surface area contributed by atoms with Gasteiger partial charge in [-0.25, -0.2) is 4.68 Å². The Kier molecular flexibility index (Phi) is 5.10. The van der Waals surface area contributed by atoms with Gasteiger partial charge < -0.3 is 10.3 Å². The average molecular weight is 400 g/mol. The molecule has 0 radical (unpaired) electrons. The predicted molar refractivity (Wildman–Crippen MR) is 85.3 cm³/mol. The Bertz CT molecular complexity index is 799. The molecule has 0 aliphatic carbocycles. The molecule has 0 aliphatic heterocycles. The second-order valence-electron chi connectivity index (χ2n) is 4.77. The maximum absolute atomic E-state index is 12.8. The first-order valence-corrected chi connectivity index (χ1v) is 8.56. The molecular weight excluding hydrogens is 390 g/mol. The SMILES string of the molecule is CC(=O)c1nn(-c2c(Cl)cc(C(F)(F)F)cc2Cl)c(N)c1[S+](C)[O-]. The van der Waals surface area contributed by atoms with E-state index in [2.05, 4.69) is 5.10 Å². The molecule has 0 saturated carbocycles. The highest BCUT2D eigenvalue weighted by Crippen LogP contribution is 2.39. The summed E-state index contributed by atoms with van der Waals surface area (Å²) in [6.07, 6.45) is -3.35. The van der Waals surface area contributed by atoms with Crippen molar-refractivity contribution in [3.8, 4) is 5.69 Å². The van der Waals surface area contributed by atoms with E-state index in [9.17, 15) is 22.5 Å². The highest BCUT2D eigenvalue weighted by Gasteiger charge is 2.34. The number of hydrogen-bond acceptors (Lipinski definition) is 4. The van der Waals surface area contributed by atoms with Crippen LogP contribution in [0.4, 0.5) is 19.0 Å². The first-order chi connectivity index (χ1) is 10.9. The molecule has 1 aromatic heterocycles. The molecule has 2 rings (SSSR count). The monoisotopic (exact) mass is 399 g/mol. The summed E-state index contributed by atoms with van der Waals surface area (Å²) in [5.74, 6) is -0.700. The summed E-state index contributed by atoms with van der Waals surface area (Å²) < 4.78 is 51.1. The lowest BCUT2D eigenvalue weighted by atomic mass is 10.2. The third kappa shape index (κ3) is 3.34. The van der Waals surface area contributed by atoms with Gasteiger partial charge in [0.25, 0.3) is 0 Å². The van der Waals surface area contributed by atoms with Gasteiger partial charge in [-0.2, -0.15) is 18.3 Å². The molecule has 1 unspecified atom stereocenters. The van der Waals surface area contributed by atoms with Crippen molar-refractivity contribution in [3.05, 3.63) is 33.4 Å². The van der Waals surface area contributed by atoms with Crippen molar-refractivity contribution in [2.75, 3.05) is 12.0 Å². The van der Waals surface area contributed by atoms with Gasteiger partial charge in [-0.05, 0) is 23.3 Å². The Balaban J connectivity index is 2.74. The number of benzene rings is 1. The van der Waals surface area contributed by atoms with Crippen LogP contribution in [-0.4, -0.2) is 26.4 Å². The minimum absolute atomic E-state index is 0.0328. The summed E-state index contributed by atoms with van der Waals surface area (Å²) >= 11 is 10.2. The van der Waals surface area contributed by atoms with Crippen molar-refractivity contribution in [3.63, 3.8) is 0 Å². The highest BCUT2D eigenvalue weighted by atomic mass is 35.5. The molecule has 1 aromatic carbocycles. The van der Waals surface area contributed by atoms with Crippen molar-refractivity contribution < 1.29 is 22.5 Å². The number of rotatable bonds is 3. The van der Waals surface area contributed by atoms with Gasteiger partial charge in [0, 0.05) is 6.92 Å². The van der Waals surface area contributed by atoms with E-state index in [1.165, 1.54) is 13.2 Å². The van der Waals surface area contributed by atoms with Gasteiger partial charge in [0.15, 0.2) is 17.3 Å². The zero-order valence-electron chi connectivity index (χ0n) is 12.2. The Labute approximate surface area is 147 Å². The van der Waals surface area contributed by atoms with E-state index in [0.717, 1.165) is 4.68 Å². The van der Waals surface area contributed by atoms with Crippen LogP contribution in [-0.2, 0) is 17.4 Å². The summed E-state index contributed by atoms with van der Waals surface area (Å²) in [7, 11) is 0. The predicted octanol–water partition coefficient (Wildman–Crippen LogP) is 3.72. The third-order valence-electron chi connectivity index (χ3n) is 3.05. The quantitative estimate of drug-likeness (QED) is 0.629. The molecule has 24 heavy (non-hydrogen) atoms. The van der Waals surface area contributed by atoms with Crippen LogP contribution in [0.5, 0.6) is 0 Å². The normalized spacial score (nSPS) is 13.2. The van der Waals surface area contributed by atoms with Crippen molar-refractivity contribution in [2.45, 2.75) is 18.0 Å². The van der Waals surface area contributed by atoms with Gasteiger partial charge in [0.2, 0.25) is 4.90 Å². The number of nitrogens with zero attached hydrogens (tertiary/aromatic N) is 2. The van der Waals surface area contributed by atoms with Crippen LogP contribution < -0.4 is 5.73 Å². The van der Waals surface area contributed by atoms with E-state index >= 15 is 0 Å². The Morgan fingerprint density at radius 1 is 1.33 bits per heavy atom. The number of carbonyl (C=O) groups is 1. The first kappa shape index (κ1) is 18.9. The fourth-order valence-electron chi connectivity index (χ4n) is 2.03. The van der Waals surface area contributed by atoms with Gasteiger partial charge in [0.05, 0.1) is 15.6 Å². The van der Waals surface area contributed by atoms with Gasteiger partial charge >= 0.3 is 6.18 Å². The van der Waals surface area contributed by atoms with Crippen LogP contribution in [0.15, 0.2) is 17.0 Å². The topological polar surface area (TPSA) is 84.0 Å². The summed E-state index contributed by atoms with van der Waals surface area (Å²) in [5.41, 5.74) is 4.51. The molecule has 0 aliphatic rings. The zero-order chi connectivity index (χ0) is 18.4. The molecule has 130 valence electrons. The summed E-state index contributed by atoms with van der Waals surface area (Å²) in [6, 6.07) is 1.33. The second kappa shape index (κ2) is 6.47.